The summed E-state index contributed by atoms with van der Waals surface area (Å²) in [5.41, 5.74) is 1.87. The SMILES string of the molecule is O=C(Cc1cccc2ccccc12)NCC(=O)N1CCN(c2nc3cccnc3s2)CC1. The van der Waals surface area contributed by atoms with Crippen LogP contribution in [-0.2, 0) is 16.0 Å². The predicted octanol–water partition coefficient (Wildman–Crippen LogP) is 2.85. The highest BCUT2D eigenvalue weighted by Gasteiger charge is 2.23. The summed E-state index contributed by atoms with van der Waals surface area (Å²) in [6, 6.07) is 17.8. The largest absolute Gasteiger partial charge is 0.347 e. The zero-order valence-corrected chi connectivity index (χ0v) is 18.3. The van der Waals surface area contributed by atoms with Gasteiger partial charge in [-0.2, -0.15) is 0 Å². The summed E-state index contributed by atoms with van der Waals surface area (Å²) in [4.78, 5) is 39.0. The minimum absolute atomic E-state index is 0.0225. The maximum absolute atomic E-state index is 12.6. The zero-order chi connectivity index (χ0) is 21.9. The lowest BCUT2D eigenvalue weighted by molar-refractivity contribution is -0.133. The molecule has 1 aliphatic heterocycles. The summed E-state index contributed by atoms with van der Waals surface area (Å²) >= 11 is 1.57. The molecule has 0 atom stereocenters. The first-order valence-electron chi connectivity index (χ1n) is 10.6. The molecule has 2 amide bonds. The second-order valence-corrected chi connectivity index (χ2v) is 8.74. The van der Waals surface area contributed by atoms with Crippen LogP contribution in [0.5, 0.6) is 0 Å². The Morgan fingerprint density at radius 2 is 1.78 bits per heavy atom. The molecule has 0 unspecified atom stereocenters. The van der Waals surface area contributed by atoms with E-state index < -0.39 is 0 Å². The highest BCUT2D eigenvalue weighted by molar-refractivity contribution is 7.21. The lowest BCUT2D eigenvalue weighted by Crippen LogP contribution is -2.51. The second kappa shape index (κ2) is 8.92. The molecule has 0 radical (unpaired) electrons. The van der Waals surface area contributed by atoms with Gasteiger partial charge in [0, 0.05) is 32.4 Å². The van der Waals surface area contributed by atoms with E-state index >= 15 is 0 Å². The van der Waals surface area contributed by atoms with E-state index in [1.54, 1.807) is 22.4 Å². The monoisotopic (exact) mass is 445 g/mol. The van der Waals surface area contributed by atoms with E-state index in [0.717, 1.165) is 44.9 Å². The number of carbonyl (C=O) groups is 2. The number of piperazine rings is 1. The van der Waals surface area contributed by atoms with Crippen LogP contribution in [0.2, 0.25) is 0 Å². The van der Waals surface area contributed by atoms with Gasteiger partial charge in [-0.3, -0.25) is 9.59 Å². The van der Waals surface area contributed by atoms with Crippen LogP contribution in [0.3, 0.4) is 0 Å². The van der Waals surface area contributed by atoms with Crippen LogP contribution in [0.15, 0.2) is 60.8 Å². The lowest BCUT2D eigenvalue weighted by atomic mass is 10.0. The molecule has 1 aliphatic rings. The molecule has 162 valence electrons. The van der Waals surface area contributed by atoms with Gasteiger partial charge in [-0.15, -0.1) is 0 Å². The number of thiazole rings is 1. The summed E-state index contributed by atoms with van der Waals surface area (Å²) in [5, 5.41) is 5.90. The van der Waals surface area contributed by atoms with Crippen LogP contribution in [0.1, 0.15) is 5.56 Å². The standard InChI is InChI=1S/C24H23N5O2S/c30-21(15-18-7-3-6-17-5-1-2-8-19(17)18)26-16-22(31)28-11-13-29(14-12-28)24-27-20-9-4-10-25-23(20)32-24/h1-10H,11-16H2,(H,26,30). The van der Waals surface area contributed by atoms with Crippen molar-refractivity contribution in [3.8, 4) is 0 Å². The first kappa shape index (κ1) is 20.4. The number of rotatable bonds is 5. The van der Waals surface area contributed by atoms with E-state index in [4.69, 9.17) is 0 Å². The molecule has 1 fully saturated rings. The Hall–Kier alpha value is -3.52. The third-order valence-electron chi connectivity index (χ3n) is 5.73. The van der Waals surface area contributed by atoms with Gasteiger partial charge < -0.3 is 15.1 Å². The maximum Gasteiger partial charge on any atom is 0.242 e. The molecule has 0 bridgehead atoms. The van der Waals surface area contributed by atoms with E-state index in [0.29, 0.717) is 13.1 Å². The number of nitrogens with one attached hydrogen (secondary N) is 1. The molecule has 3 heterocycles. The lowest BCUT2D eigenvalue weighted by Gasteiger charge is -2.34. The van der Waals surface area contributed by atoms with Crippen molar-refractivity contribution in [2.75, 3.05) is 37.6 Å². The third kappa shape index (κ3) is 4.27. The number of anilines is 1. The van der Waals surface area contributed by atoms with E-state index in [9.17, 15) is 9.59 Å². The Morgan fingerprint density at radius 3 is 2.62 bits per heavy atom. The number of pyridine rings is 1. The Kier molecular flexibility index (Phi) is 5.68. The van der Waals surface area contributed by atoms with Gasteiger partial charge in [-0.05, 0) is 28.5 Å². The second-order valence-electron chi connectivity index (χ2n) is 7.78. The Labute approximate surface area is 189 Å². The molecule has 0 spiro atoms. The summed E-state index contributed by atoms with van der Waals surface area (Å²) in [5.74, 6) is -0.197. The molecule has 2 aromatic carbocycles. The van der Waals surface area contributed by atoms with E-state index in [-0.39, 0.29) is 24.8 Å². The van der Waals surface area contributed by atoms with Crippen LogP contribution >= 0.6 is 11.3 Å². The van der Waals surface area contributed by atoms with Crippen molar-refractivity contribution in [3.05, 3.63) is 66.4 Å². The Bertz CT molecular complexity index is 1240. The Balaban J connectivity index is 1.13. The first-order chi connectivity index (χ1) is 15.7. The van der Waals surface area contributed by atoms with Crippen LogP contribution in [0.25, 0.3) is 21.1 Å². The summed E-state index contributed by atoms with van der Waals surface area (Å²) < 4.78 is 0. The molecule has 5 rings (SSSR count). The van der Waals surface area contributed by atoms with E-state index in [1.165, 1.54) is 0 Å². The van der Waals surface area contributed by atoms with Crippen LogP contribution in [-0.4, -0.2) is 59.4 Å². The van der Waals surface area contributed by atoms with Crippen molar-refractivity contribution in [2.45, 2.75) is 6.42 Å². The summed E-state index contributed by atoms with van der Waals surface area (Å²) in [6.07, 6.45) is 2.03. The van der Waals surface area contributed by atoms with Gasteiger partial charge in [-0.1, -0.05) is 53.8 Å². The number of carbonyl (C=O) groups excluding carboxylic acids is 2. The molecule has 1 N–H and O–H groups in total. The number of hydrogen-bond acceptors (Lipinski definition) is 6. The van der Waals surface area contributed by atoms with Crippen molar-refractivity contribution in [2.24, 2.45) is 0 Å². The highest BCUT2D eigenvalue weighted by atomic mass is 32.1. The van der Waals surface area contributed by atoms with Crippen molar-refractivity contribution in [1.29, 1.82) is 0 Å². The van der Waals surface area contributed by atoms with Crippen LogP contribution in [0, 0.1) is 0 Å². The quantitative estimate of drug-likeness (QED) is 0.511. The number of nitrogens with zero attached hydrogens (tertiary/aromatic N) is 4. The minimum Gasteiger partial charge on any atom is -0.347 e. The van der Waals surface area contributed by atoms with Crippen LogP contribution in [0.4, 0.5) is 5.13 Å². The number of aromatic nitrogens is 2. The van der Waals surface area contributed by atoms with Gasteiger partial charge in [0.2, 0.25) is 11.8 Å². The minimum atomic E-state index is -0.143. The highest BCUT2D eigenvalue weighted by Crippen LogP contribution is 2.27. The van der Waals surface area contributed by atoms with Gasteiger partial charge in [0.15, 0.2) is 5.13 Å². The number of hydrogen-bond donors (Lipinski definition) is 1. The average molecular weight is 446 g/mol. The van der Waals surface area contributed by atoms with Crippen molar-refractivity contribution < 1.29 is 9.59 Å². The summed E-state index contributed by atoms with van der Waals surface area (Å²) in [7, 11) is 0. The van der Waals surface area contributed by atoms with E-state index in [1.807, 2.05) is 54.6 Å². The van der Waals surface area contributed by atoms with Crippen molar-refractivity contribution in [3.63, 3.8) is 0 Å². The molecule has 1 saturated heterocycles. The number of fused-ring (bicyclic) bond motifs is 2. The van der Waals surface area contributed by atoms with E-state index in [2.05, 4.69) is 20.2 Å². The maximum atomic E-state index is 12.6. The van der Waals surface area contributed by atoms with Gasteiger partial charge >= 0.3 is 0 Å². The summed E-state index contributed by atoms with van der Waals surface area (Å²) in [6.45, 7) is 2.68. The fraction of sp³-hybridized carbons (Fsp3) is 0.250. The smallest absolute Gasteiger partial charge is 0.242 e. The van der Waals surface area contributed by atoms with Crippen molar-refractivity contribution in [1.82, 2.24) is 20.2 Å². The van der Waals surface area contributed by atoms with Gasteiger partial charge in [-0.25, -0.2) is 9.97 Å². The fourth-order valence-corrected chi connectivity index (χ4v) is 4.97. The number of benzene rings is 2. The van der Waals surface area contributed by atoms with Crippen molar-refractivity contribution >= 4 is 49.4 Å². The predicted molar refractivity (Wildman–Crippen MR) is 127 cm³/mol. The molecule has 2 aromatic heterocycles. The molecule has 4 aromatic rings. The molecule has 0 aliphatic carbocycles. The topological polar surface area (TPSA) is 78.4 Å². The first-order valence-corrected chi connectivity index (χ1v) is 11.5. The Morgan fingerprint density at radius 1 is 0.969 bits per heavy atom. The van der Waals surface area contributed by atoms with Crippen LogP contribution < -0.4 is 10.2 Å². The molecular weight excluding hydrogens is 422 g/mol. The van der Waals surface area contributed by atoms with Gasteiger partial charge in [0.1, 0.15) is 10.3 Å². The average Bonchev–Trinajstić information content (AvgIpc) is 3.27. The fourth-order valence-electron chi connectivity index (χ4n) is 4.01. The molecule has 8 heteroatoms. The third-order valence-corrected chi connectivity index (χ3v) is 6.77. The van der Waals surface area contributed by atoms with Gasteiger partial charge in [0.05, 0.1) is 13.0 Å². The molecular formula is C24H23N5O2S. The molecule has 32 heavy (non-hydrogen) atoms. The number of amides is 2. The normalized spacial score (nSPS) is 14.1. The molecule has 7 nitrogen and oxygen atoms in total. The molecule has 0 saturated carbocycles. The van der Waals surface area contributed by atoms with Gasteiger partial charge in [0.25, 0.3) is 0 Å². The zero-order valence-electron chi connectivity index (χ0n) is 17.5.